The molecule has 1 aliphatic carbocycles. The van der Waals surface area contributed by atoms with E-state index in [0.29, 0.717) is 17.7 Å². The monoisotopic (exact) mass is 519 g/mol. The molecule has 0 spiro atoms. The zero-order valence-electron chi connectivity index (χ0n) is 21.6. The molecule has 1 amide bonds. The molecule has 2 N–H and O–H groups in total. The van der Waals surface area contributed by atoms with Crippen LogP contribution in [0.1, 0.15) is 56.9 Å². The van der Waals surface area contributed by atoms with Gasteiger partial charge >= 0.3 is 0 Å². The average Bonchev–Trinajstić information content (AvgIpc) is 3.13. The Kier molecular flexibility index (Phi) is 11.0. The van der Waals surface area contributed by atoms with Gasteiger partial charge in [-0.2, -0.15) is 0 Å². The second-order valence-electron chi connectivity index (χ2n) is 9.87. The fourth-order valence-corrected chi connectivity index (χ4v) is 5.38. The van der Waals surface area contributed by atoms with Crippen molar-refractivity contribution in [2.24, 2.45) is 0 Å². The van der Waals surface area contributed by atoms with Crippen LogP contribution in [0.5, 0.6) is 0 Å². The largest absolute Gasteiger partial charge is 0.378 e. The fraction of sp³-hybridized carbons (Fsp3) is 0.536. The predicted octanol–water partition coefficient (Wildman–Crippen LogP) is 6.19. The molecule has 1 aliphatic rings. The highest BCUT2D eigenvalue weighted by Crippen LogP contribution is 2.32. The number of hydrogen-bond acceptors (Lipinski definition) is 5. The van der Waals surface area contributed by atoms with Gasteiger partial charge in [-0.25, -0.2) is 8.78 Å². The average molecular weight is 520 g/mol. The highest BCUT2D eigenvalue weighted by molar-refractivity contribution is 7.98. The van der Waals surface area contributed by atoms with Crippen molar-refractivity contribution in [1.82, 2.24) is 9.62 Å². The van der Waals surface area contributed by atoms with Crippen LogP contribution in [0, 0.1) is 11.6 Å². The van der Waals surface area contributed by atoms with Gasteiger partial charge in [0.2, 0.25) is 0 Å². The SMILES string of the molecule is COC1(C(=O)NSc2cc(F)c(NC(CCc3ccccc3)CCN(C)C)c(F)c2)CCCCCC1. The molecule has 198 valence electrons. The van der Waals surface area contributed by atoms with E-state index in [9.17, 15) is 4.79 Å². The number of benzene rings is 2. The lowest BCUT2D eigenvalue weighted by Crippen LogP contribution is -2.45. The lowest BCUT2D eigenvalue weighted by atomic mass is 9.93. The molecular weight excluding hydrogens is 480 g/mol. The van der Waals surface area contributed by atoms with E-state index in [1.165, 1.54) is 17.7 Å². The number of anilines is 1. The molecule has 0 bridgehead atoms. The van der Waals surface area contributed by atoms with Crippen LogP contribution in [0.2, 0.25) is 0 Å². The third-order valence-electron chi connectivity index (χ3n) is 6.89. The van der Waals surface area contributed by atoms with Crippen LogP contribution in [0.3, 0.4) is 0 Å². The summed E-state index contributed by atoms with van der Waals surface area (Å²) in [7, 11) is 5.52. The van der Waals surface area contributed by atoms with Crippen LogP contribution in [0.25, 0.3) is 0 Å². The Hall–Kier alpha value is -2.16. The number of halogens is 2. The molecule has 8 heteroatoms. The molecule has 36 heavy (non-hydrogen) atoms. The van der Waals surface area contributed by atoms with E-state index in [2.05, 4.69) is 27.1 Å². The molecule has 1 fully saturated rings. The summed E-state index contributed by atoms with van der Waals surface area (Å²) >= 11 is 0.927. The molecule has 0 heterocycles. The standard InChI is InChI=1S/C28H39F2N3O2S/c1-33(2)18-15-22(14-13-21-11-7-6-8-12-21)31-26-24(29)19-23(20-25(26)30)36-32-27(34)28(35-3)16-9-4-5-10-17-28/h6-8,11-12,19-20,22,31H,4-5,9-10,13-18H2,1-3H3,(H,32,34). The van der Waals surface area contributed by atoms with Gasteiger partial charge in [-0.3, -0.25) is 9.52 Å². The molecule has 0 radical (unpaired) electrons. The highest BCUT2D eigenvalue weighted by atomic mass is 32.2. The van der Waals surface area contributed by atoms with Gasteiger partial charge in [0.15, 0.2) is 0 Å². The first-order valence-corrected chi connectivity index (χ1v) is 13.6. The van der Waals surface area contributed by atoms with Gasteiger partial charge in [0.1, 0.15) is 22.9 Å². The Labute approximate surface area is 218 Å². The smallest absolute Gasteiger partial charge is 0.262 e. The lowest BCUT2D eigenvalue weighted by Gasteiger charge is -2.29. The maximum Gasteiger partial charge on any atom is 0.262 e. The number of aryl methyl sites for hydroxylation is 1. The summed E-state index contributed by atoms with van der Waals surface area (Å²) in [4.78, 5) is 15.3. The molecule has 1 saturated carbocycles. The maximum absolute atomic E-state index is 15.0. The number of rotatable bonds is 12. The third-order valence-corrected chi connectivity index (χ3v) is 7.65. The van der Waals surface area contributed by atoms with E-state index in [1.807, 2.05) is 32.3 Å². The van der Waals surface area contributed by atoms with Crippen molar-refractivity contribution in [2.45, 2.75) is 74.3 Å². The number of methoxy groups -OCH3 is 1. The molecule has 1 unspecified atom stereocenters. The number of nitrogens with zero attached hydrogens (tertiary/aromatic N) is 1. The summed E-state index contributed by atoms with van der Waals surface area (Å²) in [5, 5.41) is 3.11. The highest BCUT2D eigenvalue weighted by Gasteiger charge is 2.38. The second-order valence-corrected chi connectivity index (χ2v) is 10.7. The van der Waals surface area contributed by atoms with Gasteiger partial charge in [-0.1, -0.05) is 56.0 Å². The first kappa shape index (κ1) is 28.4. The van der Waals surface area contributed by atoms with Crippen molar-refractivity contribution in [3.05, 3.63) is 59.7 Å². The Balaban J connectivity index is 1.65. The van der Waals surface area contributed by atoms with Crippen molar-refractivity contribution in [2.75, 3.05) is 33.1 Å². The van der Waals surface area contributed by atoms with Gasteiger partial charge in [0.25, 0.3) is 5.91 Å². The second kappa shape index (κ2) is 14.0. The molecular formula is C28H39F2N3O2S. The van der Waals surface area contributed by atoms with Crippen LogP contribution in [0.15, 0.2) is 47.4 Å². The summed E-state index contributed by atoms with van der Waals surface area (Å²) in [5.74, 6) is -1.58. The summed E-state index contributed by atoms with van der Waals surface area (Å²) < 4.78 is 38.5. The summed E-state index contributed by atoms with van der Waals surface area (Å²) in [6, 6.07) is 12.5. The first-order chi connectivity index (χ1) is 17.3. The van der Waals surface area contributed by atoms with E-state index >= 15 is 8.78 Å². The zero-order valence-corrected chi connectivity index (χ0v) is 22.4. The summed E-state index contributed by atoms with van der Waals surface area (Å²) in [6.07, 6.45) is 7.64. The number of hydrogen-bond donors (Lipinski definition) is 2. The van der Waals surface area contributed by atoms with Crippen molar-refractivity contribution < 1.29 is 18.3 Å². The van der Waals surface area contributed by atoms with Crippen LogP contribution in [-0.4, -0.2) is 50.2 Å². The quantitative estimate of drug-likeness (QED) is 0.259. The molecule has 2 aromatic carbocycles. The normalized spacial score (nSPS) is 16.4. The van der Waals surface area contributed by atoms with Crippen LogP contribution in [0.4, 0.5) is 14.5 Å². The van der Waals surface area contributed by atoms with Crippen LogP contribution in [-0.2, 0) is 16.0 Å². The van der Waals surface area contributed by atoms with Gasteiger partial charge in [0, 0.05) is 18.0 Å². The lowest BCUT2D eigenvalue weighted by molar-refractivity contribution is -0.143. The minimum atomic E-state index is -0.875. The first-order valence-electron chi connectivity index (χ1n) is 12.8. The zero-order chi connectivity index (χ0) is 26.0. The van der Waals surface area contributed by atoms with Crippen LogP contribution >= 0.6 is 11.9 Å². The Bertz CT molecular complexity index is 944. The topological polar surface area (TPSA) is 53.6 Å². The molecule has 1 atom stereocenters. The number of amides is 1. The van der Waals surface area contributed by atoms with E-state index in [0.717, 1.165) is 63.4 Å². The molecule has 0 saturated heterocycles. The Morgan fingerprint density at radius 3 is 2.28 bits per heavy atom. The van der Waals surface area contributed by atoms with E-state index in [-0.39, 0.29) is 17.6 Å². The summed E-state index contributed by atoms with van der Waals surface area (Å²) in [5.41, 5.74) is 0.195. The van der Waals surface area contributed by atoms with Crippen molar-refractivity contribution in [3.63, 3.8) is 0 Å². The van der Waals surface area contributed by atoms with Gasteiger partial charge in [0.05, 0.1) is 0 Å². The molecule has 0 aliphatic heterocycles. The van der Waals surface area contributed by atoms with Gasteiger partial charge in [-0.05, 0) is 82.4 Å². The number of carbonyl (C=O) groups is 1. The van der Waals surface area contributed by atoms with Crippen LogP contribution < -0.4 is 10.0 Å². The minimum Gasteiger partial charge on any atom is -0.378 e. The maximum atomic E-state index is 15.0. The van der Waals surface area contributed by atoms with Crippen molar-refractivity contribution in [1.29, 1.82) is 0 Å². The van der Waals surface area contributed by atoms with Gasteiger partial charge < -0.3 is 15.0 Å². The Morgan fingerprint density at radius 1 is 1.06 bits per heavy atom. The predicted molar refractivity (Wildman–Crippen MR) is 143 cm³/mol. The molecule has 0 aromatic heterocycles. The number of carbonyl (C=O) groups excluding carboxylic acids is 1. The minimum absolute atomic E-state index is 0.0911. The molecule has 5 nitrogen and oxygen atoms in total. The fourth-order valence-electron chi connectivity index (χ4n) is 4.66. The summed E-state index contributed by atoms with van der Waals surface area (Å²) in [6.45, 7) is 0.802. The van der Waals surface area contributed by atoms with E-state index in [1.54, 1.807) is 7.11 Å². The van der Waals surface area contributed by atoms with Gasteiger partial charge in [-0.15, -0.1) is 0 Å². The van der Waals surface area contributed by atoms with Crippen molar-refractivity contribution in [3.8, 4) is 0 Å². The molecule has 2 aromatic rings. The molecule has 3 rings (SSSR count). The van der Waals surface area contributed by atoms with Crippen molar-refractivity contribution >= 4 is 23.5 Å². The Morgan fingerprint density at radius 2 is 1.69 bits per heavy atom. The number of ether oxygens (including phenoxy) is 1. The van der Waals surface area contributed by atoms with E-state index < -0.39 is 17.2 Å². The van der Waals surface area contributed by atoms with E-state index in [4.69, 9.17) is 4.74 Å². The third kappa shape index (κ3) is 8.18. The number of nitrogens with one attached hydrogen (secondary N) is 2.